The minimum Gasteiger partial charge on any atom is -0.507 e. The average molecular weight is 330 g/mol. The number of carbonyl (C=O) groups is 1. The van der Waals surface area contributed by atoms with Crippen LogP contribution in [0.3, 0.4) is 0 Å². The standard InChI is InChI=1S/C19H20ClNO2/c1-11(22)15-7-5-12(8-17(15)23)18-16-9-14(20)6-4-13(16)10-21-19(18,2)3/h4-9,18,21,23H,10H2,1-3H3. The number of rotatable bonds is 2. The van der Waals surface area contributed by atoms with Crippen LogP contribution in [0.5, 0.6) is 5.75 Å². The number of aromatic hydroxyl groups is 1. The summed E-state index contributed by atoms with van der Waals surface area (Å²) in [5.74, 6) is -0.0738. The number of fused-ring (bicyclic) bond motifs is 1. The van der Waals surface area contributed by atoms with E-state index in [4.69, 9.17) is 11.6 Å². The van der Waals surface area contributed by atoms with Gasteiger partial charge in [-0.05, 0) is 61.7 Å². The van der Waals surface area contributed by atoms with Crippen molar-refractivity contribution in [2.75, 3.05) is 0 Å². The zero-order valence-electron chi connectivity index (χ0n) is 13.5. The summed E-state index contributed by atoms with van der Waals surface area (Å²) in [6.45, 7) is 6.51. The third kappa shape index (κ3) is 2.87. The molecule has 2 aromatic carbocycles. The van der Waals surface area contributed by atoms with Crippen molar-refractivity contribution in [3.05, 3.63) is 63.7 Å². The van der Waals surface area contributed by atoms with Gasteiger partial charge in [0.2, 0.25) is 0 Å². The van der Waals surface area contributed by atoms with Gasteiger partial charge < -0.3 is 10.4 Å². The van der Waals surface area contributed by atoms with E-state index in [0.717, 1.165) is 17.7 Å². The smallest absolute Gasteiger partial charge is 0.163 e. The van der Waals surface area contributed by atoms with Crippen LogP contribution in [0.25, 0.3) is 0 Å². The van der Waals surface area contributed by atoms with E-state index in [1.54, 1.807) is 12.1 Å². The molecule has 3 nitrogen and oxygen atoms in total. The molecule has 2 aromatic rings. The lowest BCUT2D eigenvalue weighted by Crippen LogP contribution is -2.48. The van der Waals surface area contributed by atoms with Crippen molar-refractivity contribution in [3.8, 4) is 5.75 Å². The Balaban J connectivity index is 2.16. The minimum absolute atomic E-state index is 0.0277. The second kappa shape index (κ2) is 5.66. The zero-order valence-corrected chi connectivity index (χ0v) is 14.2. The maximum absolute atomic E-state index is 11.5. The fourth-order valence-corrected chi connectivity index (χ4v) is 3.61. The van der Waals surface area contributed by atoms with Crippen LogP contribution in [0.2, 0.25) is 5.02 Å². The molecule has 1 aliphatic heterocycles. The van der Waals surface area contributed by atoms with E-state index < -0.39 is 0 Å². The number of phenols is 1. The molecule has 0 amide bonds. The SMILES string of the molecule is CC(=O)c1ccc(C2c3cc(Cl)ccc3CNC2(C)C)cc1O. The summed E-state index contributed by atoms with van der Waals surface area (Å²) < 4.78 is 0. The lowest BCUT2D eigenvalue weighted by atomic mass is 9.73. The molecule has 0 saturated carbocycles. The largest absolute Gasteiger partial charge is 0.507 e. The van der Waals surface area contributed by atoms with Crippen LogP contribution >= 0.6 is 11.6 Å². The number of nitrogens with one attached hydrogen (secondary N) is 1. The molecule has 0 radical (unpaired) electrons. The van der Waals surface area contributed by atoms with Crippen LogP contribution in [0.4, 0.5) is 0 Å². The molecule has 0 saturated heterocycles. The van der Waals surface area contributed by atoms with Gasteiger partial charge in [0, 0.05) is 23.0 Å². The number of halogens is 1. The number of hydrogen-bond acceptors (Lipinski definition) is 3. The maximum atomic E-state index is 11.5. The maximum Gasteiger partial charge on any atom is 0.163 e. The second-order valence-electron chi connectivity index (χ2n) is 6.68. The Morgan fingerprint density at radius 2 is 2.00 bits per heavy atom. The summed E-state index contributed by atoms with van der Waals surface area (Å²) >= 11 is 6.21. The van der Waals surface area contributed by atoms with Gasteiger partial charge in [-0.3, -0.25) is 4.79 Å². The van der Waals surface area contributed by atoms with E-state index in [9.17, 15) is 9.90 Å². The highest BCUT2D eigenvalue weighted by Crippen LogP contribution is 2.42. The number of phenolic OH excluding ortho intramolecular Hbond substituents is 1. The van der Waals surface area contributed by atoms with Gasteiger partial charge in [0.05, 0.1) is 5.56 Å². The molecular weight excluding hydrogens is 310 g/mol. The first-order valence-corrected chi connectivity index (χ1v) is 8.04. The van der Waals surface area contributed by atoms with Gasteiger partial charge in [0.25, 0.3) is 0 Å². The molecule has 0 fully saturated rings. The molecule has 0 aromatic heterocycles. The van der Waals surface area contributed by atoms with Gasteiger partial charge in [-0.2, -0.15) is 0 Å². The molecule has 4 heteroatoms. The van der Waals surface area contributed by atoms with Crippen molar-refractivity contribution >= 4 is 17.4 Å². The van der Waals surface area contributed by atoms with Crippen molar-refractivity contribution in [1.29, 1.82) is 0 Å². The summed E-state index contributed by atoms with van der Waals surface area (Å²) in [6, 6.07) is 11.2. The van der Waals surface area contributed by atoms with Crippen molar-refractivity contribution in [3.63, 3.8) is 0 Å². The highest BCUT2D eigenvalue weighted by molar-refractivity contribution is 6.30. The van der Waals surface area contributed by atoms with Gasteiger partial charge in [0.1, 0.15) is 5.75 Å². The van der Waals surface area contributed by atoms with E-state index in [1.165, 1.54) is 12.5 Å². The minimum atomic E-state index is -0.193. The summed E-state index contributed by atoms with van der Waals surface area (Å²) in [6.07, 6.45) is 0. The molecule has 1 atom stereocenters. The van der Waals surface area contributed by atoms with Crippen LogP contribution < -0.4 is 5.32 Å². The quantitative estimate of drug-likeness (QED) is 0.809. The number of ketones is 1. The first-order chi connectivity index (χ1) is 10.8. The third-order valence-corrected chi connectivity index (χ3v) is 4.84. The van der Waals surface area contributed by atoms with Gasteiger partial charge in [0.15, 0.2) is 5.78 Å². The number of hydrogen-bond donors (Lipinski definition) is 2. The van der Waals surface area contributed by atoms with E-state index in [2.05, 4.69) is 19.2 Å². The molecular formula is C19H20ClNO2. The molecule has 1 heterocycles. The Morgan fingerprint density at radius 3 is 2.65 bits per heavy atom. The average Bonchev–Trinajstić information content (AvgIpc) is 2.45. The lowest BCUT2D eigenvalue weighted by molar-refractivity contribution is 0.101. The molecule has 1 unspecified atom stereocenters. The predicted octanol–water partition coefficient (Wildman–Crippen LogP) is 4.26. The van der Waals surface area contributed by atoms with Crippen LogP contribution in [0.15, 0.2) is 36.4 Å². The molecule has 120 valence electrons. The molecule has 3 rings (SSSR count). The second-order valence-corrected chi connectivity index (χ2v) is 7.12. The molecule has 0 spiro atoms. The Bertz CT molecular complexity index is 783. The summed E-state index contributed by atoms with van der Waals surface area (Å²) in [5.41, 5.74) is 3.49. The summed E-state index contributed by atoms with van der Waals surface area (Å²) in [5, 5.41) is 14.5. The fourth-order valence-electron chi connectivity index (χ4n) is 3.43. The highest BCUT2D eigenvalue weighted by Gasteiger charge is 2.37. The van der Waals surface area contributed by atoms with Crippen LogP contribution in [0, 0.1) is 0 Å². The lowest BCUT2D eigenvalue weighted by Gasteiger charge is -2.41. The van der Waals surface area contributed by atoms with Gasteiger partial charge in [-0.25, -0.2) is 0 Å². The zero-order chi connectivity index (χ0) is 16.8. The molecule has 0 bridgehead atoms. The van der Waals surface area contributed by atoms with Gasteiger partial charge in [-0.1, -0.05) is 23.7 Å². The number of benzene rings is 2. The van der Waals surface area contributed by atoms with E-state index in [0.29, 0.717) is 10.6 Å². The number of carbonyl (C=O) groups excluding carboxylic acids is 1. The highest BCUT2D eigenvalue weighted by atomic mass is 35.5. The Morgan fingerprint density at radius 1 is 1.26 bits per heavy atom. The topological polar surface area (TPSA) is 49.3 Å². The fraction of sp³-hybridized carbons (Fsp3) is 0.316. The van der Waals surface area contributed by atoms with Crippen molar-refractivity contribution < 1.29 is 9.90 Å². The Hall–Kier alpha value is -1.84. The van der Waals surface area contributed by atoms with Crippen LogP contribution in [-0.4, -0.2) is 16.4 Å². The first kappa shape index (κ1) is 16.0. The van der Waals surface area contributed by atoms with Crippen molar-refractivity contribution in [2.45, 2.75) is 38.8 Å². The Labute approximate surface area is 141 Å². The van der Waals surface area contributed by atoms with E-state index in [1.807, 2.05) is 24.3 Å². The summed E-state index contributed by atoms with van der Waals surface area (Å²) in [7, 11) is 0. The first-order valence-electron chi connectivity index (χ1n) is 7.67. The molecule has 0 aliphatic carbocycles. The van der Waals surface area contributed by atoms with Gasteiger partial charge >= 0.3 is 0 Å². The predicted molar refractivity (Wildman–Crippen MR) is 92.3 cm³/mol. The monoisotopic (exact) mass is 329 g/mol. The number of Topliss-reactive ketones (excluding diaryl/α,β-unsaturated/α-hetero) is 1. The van der Waals surface area contributed by atoms with Gasteiger partial charge in [-0.15, -0.1) is 0 Å². The Kier molecular flexibility index (Phi) is 3.95. The normalized spacial score (nSPS) is 19.2. The van der Waals surface area contributed by atoms with Crippen molar-refractivity contribution in [2.24, 2.45) is 0 Å². The van der Waals surface area contributed by atoms with Crippen LogP contribution in [0.1, 0.15) is 53.7 Å². The summed E-state index contributed by atoms with van der Waals surface area (Å²) in [4.78, 5) is 11.5. The molecule has 2 N–H and O–H groups in total. The van der Waals surface area contributed by atoms with Crippen molar-refractivity contribution in [1.82, 2.24) is 5.32 Å². The van der Waals surface area contributed by atoms with Crippen LogP contribution in [-0.2, 0) is 6.54 Å². The van der Waals surface area contributed by atoms with E-state index in [-0.39, 0.29) is 23.0 Å². The van der Waals surface area contributed by atoms with E-state index >= 15 is 0 Å². The third-order valence-electron chi connectivity index (χ3n) is 4.61. The molecule has 23 heavy (non-hydrogen) atoms. The molecule has 1 aliphatic rings.